The van der Waals surface area contributed by atoms with Crippen molar-refractivity contribution in [2.45, 2.75) is 39.0 Å². The van der Waals surface area contributed by atoms with Crippen LogP contribution in [0.2, 0.25) is 0 Å². The van der Waals surface area contributed by atoms with Gasteiger partial charge in [-0.1, -0.05) is 19.8 Å². The molecule has 3 nitrogen and oxygen atoms in total. The standard InChI is InChI=1S/C11H16O3/c1-2-3-4-5-8-9(12)6-7-10(13)11(8)14/h7,13-14H,2-6H2,1H3. The third kappa shape index (κ3) is 2.37. The van der Waals surface area contributed by atoms with Gasteiger partial charge in [0.2, 0.25) is 0 Å². The van der Waals surface area contributed by atoms with Crippen molar-refractivity contribution in [3.05, 3.63) is 23.2 Å². The van der Waals surface area contributed by atoms with Crippen molar-refractivity contribution < 1.29 is 15.0 Å². The molecule has 0 heterocycles. The van der Waals surface area contributed by atoms with Crippen LogP contribution in [0.5, 0.6) is 0 Å². The first-order valence-electron chi connectivity index (χ1n) is 5.01. The summed E-state index contributed by atoms with van der Waals surface area (Å²) >= 11 is 0. The molecule has 0 radical (unpaired) electrons. The van der Waals surface area contributed by atoms with Crippen molar-refractivity contribution in [2.75, 3.05) is 0 Å². The molecule has 0 amide bonds. The number of ketones is 1. The van der Waals surface area contributed by atoms with E-state index < -0.39 is 0 Å². The molecule has 14 heavy (non-hydrogen) atoms. The lowest BCUT2D eigenvalue weighted by molar-refractivity contribution is -0.115. The van der Waals surface area contributed by atoms with Crippen LogP contribution in [0.4, 0.5) is 0 Å². The van der Waals surface area contributed by atoms with E-state index in [0.29, 0.717) is 12.0 Å². The summed E-state index contributed by atoms with van der Waals surface area (Å²) in [5.74, 6) is -0.454. The molecule has 78 valence electrons. The lowest BCUT2D eigenvalue weighted by Crippen LogP contribution is -2.11. The molecule has 0 aromatic rings. The molecule has 0 aliphatic heterocycles. The summed E-state index contributed by atoms with van der Waals surface area (Å²) in [5, 5.41) is 18.7. The number of hydrogen-bond donors (Lipinski definition) is 2. The lowest BCUT2D eigenvalue weighted by atomic mass is 9.96. The number of aliphatic hydroxyl groups is 2. The number of Topliss-reactive ketones (excluding diaryl/α,β-unsaturated/α-hetero) is 1. The van der Waals surface area contributed by atoms with Crippen LogP contribution in [0.1, 0.15) is 39.0 Å². The molecule has 0 saturated heterocycles. The highest BCUT2D eigenvalue weighted by molar-refractivity contribution is 5.98. The molecule has 0 spiro atoms. The Morgan fingerprint density at radius 2 is 2.07 bits per heavy atom. The summed E-state index contributed by atoms with van der Waals surface area (Å²) in [6, 6.07) is 0. The third-order valence-electron chi connectivity index (χ3n) is 2.38. The number of aliphatic hydroxyl groups excluding tert-OH is 2. The molecule has 0 fully saturated rings. The number of rotatable bonds is 4. The van der Waals surface area contributed by atoms with E-state index in [0.717, 1.165) is 19.3 Å². The quantitative estimate of drug-likeness (QED) is 0.680. The van der Waals surface area contributed by atoms with Gasteiger partial charge in [-0.15, -0.1) is 0 Å². The van der Waals surface area contributed by atoms with Crippen molar-refractivity contribution in [1.82, 2.24) is 0 Å². The second-order valence-corrected chi connectivity index (χ2v) is 3.50. The summed E-state index contributed by atoms with van der Waals surface area (Å²) in [7, 11) is 0. The van der Waals surface area contributed by atoms with Crippen LogP contribution in [0.15, 0.2) is 23.2 Å². The van der Waals surface area contributed by atoms with Crippen LogP contribution in [-0.4, -0.2) is 16.0 Å². The minimum absolute atomic E-state index is 0.0728. The molecule has 0 saturated carbocycles. The van der Waals surface area contributed by atoms with Crippen LogP contribution in [0, 0.1) is 0 Å². The molecular weight excluding hydrogens is 180 g/mol. The van der Waals surface area contributed by atoms with E-state index >= 15 is 0 Å². The van der Waals surface area contributed by atoms with Crippen molar-refractivity contribution in [2.24, 2.45) is 0 Å². The average molecular weight is 196 g/mol. The fourth-order valence-electron chi connectivity index (χ4n) is 1.51. The van der Waals surface area contributed by atoms with Crippen LogP contribution in [0.3, 0.4) is 0 Å². The Hall–Kier alpha value is -1.25. The molecule has 1 aliphatic rings. The molecule has 0 unspecified atom stereocenters. The van der Waals surface area contributed by atoms with Crippen molar-refractivity contribution in [1.29, 1.82) is 0 Å². The van der Waals surface area contributed by atoms with Gasteiger partial charge in [0, 0.05) is 12.0 Å². The Labute approximate surface area is 83.8 Å². The molecular formula is C11H16O3. The highest BCUT2D eigenvalue weighted by Gasteiger charge is 2.20. The van der Waals surface area contributed by atoms with E-state index in [4.69, 9.17) is 0 Å². The number of allylic oxidation sites excluding steroid dienone is 2. The average Bonchev–Trinajstić information content (AvgIpc) is 2.18. The maximum Gasteiger partial charge on any atom is 0.166 e. The first-order valence-corrected chi connectivity index (χ1v) is 5.01. The zero-order valence-corrected chi connectivity index (χ0v) is 8.42. The van der Waals surface area contributed by atoms with E-state index in [1.165, 1.54) is 6.08 Å². The van der Waals surface area contributed by atoms with Crippen LogP contribution in [0.25, 0.3) is 0 Å². The molecule has 2 N–H and O–H groups in total. The van der Waals surface area contributed by atoms with Gasteiger partial charge in [0.1, 0.15) is 0 Å². The summed E-state index contributed by atoms with van der Waals surface area (Å²) in [5.41, 5.74) is 0.387. The Balaban J connectivity index is 2.67. The monoisotopic (exact) mass is 196 g/mol. The van der Waals surface area contributed by atoms with E-state index in [1.807, 2.05) is 0 Å². The Morgan fingerprint density at radius 3 is 2.71 bits per heavy atom. The number of carbonyl (C=O) groups excluding carboxylic acids is 1. The normalized spacial score (nSPS) is 17.2. The molecule has 1 aliphatic carbocycles. The van der Waals surface area contributed by atoms with Gasteiger partial charge in [0.25, 0.3) is 0 Å². The Bertz CT molecular complexity index is 287. The maximum atomic E-state index is 11.4. The second-order valence-electron chi connectivity index (χ2n) is 3.50. The van der Waals surface area contributed by atoms with Gasteiger partial charge >= 0.3 is 0 Å². The van der Waals surface area contributed by atoms with Crippen LogP contribution < -0.4 is 0 Å². The highest BCUT2D eigenvalue weighted by Crippen LogP contribution is 2.23. The molecule has 0 bridgehead atoms. The van der Waals surface area contributed by atoms with Gasteiger partial charge in [0.05, 0.1) is 0 Å². The van der Waals surface area contributed by atoms with Crippen molar-refractivity contribution in [3.63, 3.8) is 0 Å². The SMILES string of the molecule is CCCCCC1=C(O)C(O)=CCC1=O. The fraction of sp³-hybridized carbons (Fsp3) is 0.545. The van der Waals surface area contributed by atoms with Gasteiger partial charge in [0.15, 0.2) is 17.3 Å². The number of carbonyl (C=O) groups is 1. The van der Waals surface area contributed by atoms with E-state index in [9.17, 15) is 15.0 Å². The first kappa shape index (κ1) is 10.8. The summed E-state index contributed by atoms with van der Waals surface area (Å²) < 4.78 is 0. The maximum absolute atomic E-state index is 11.4. The topological polar surface area (TPSA) is 57.5 Å². The van der Waals surface area contributed by atoms with E-state index in [1.54, 1.807) is 0 Å². The van der Waals surface area contributed by atoms with Crippen LogP contribution >= 0.6 is 0 Å². The summed E-state index contributed by atoms with van der Waals surface area (Å²) in [6.07, 6.45) is 5.11. The number of hydrogen-bond acceptors (Lipinski definition) is 3. The fourth-order valence-corrected chi connectivity index (χ4v) is 1.51. The summed E-state index contributed by atoms with van der Waals surface area (Å²) in [6.45, 7) is 2.08. The van der Waals surface area contributed by atoms with E-state index in [2.05, 4.69) is 6.92 Å². The zero-order valence-electron chi connectivity index (χ0n) is 8.42. The van der Waals surface area contributed by atoms with Gasteiger partial charge in [-0.25, -0.2) is 0 Å². The smallest absolute Gasteiger partial charge is 0.166 e. The predicted molar refractivity (Wildman–Crippen MR) is 54.1 cm³/mol. The molecule has 0 aromatic heterocycles. The van der Waals surface area contributed by atoms with Gasteiger partial charge in [-0.3, -0.25) is 4.79 Å². The van der Waals surface area contributed by atoms with Crippen molar-refractivity contribution >= 4 is 5.78 Å². The minimum Gasteiger partial charge on any atom is -0.504 e. The zero-order chi connectivity index (χ0) is 10.6. The number of unbranched alkanes of at least 4 members (excludes halogenated alkanes) is 2. The molecule has 1 rings (SSSR count). The van der Waals surface area contributed by atoms with Crippen LogP contribution in [-0.2, 0) is 4.79 Å². The van der Waals surface area contributed by atoms with Gasteiger partial charge in [-0.2, -0.15) is 0 Å². The van der Waals surface area contributed by atoms with Crippen molar-refractivity contribution in [3.8, 4) is 0 Å². The molecule has 0 atom stereocenters. The third-order valence-corrected chi connectivity index (χ3v) is 2.38. The molecule has 0 aromatic carbocycles. The lowest BCUT2D eigenvalue weighted by Gasteiger charge is -2.12. The first-order chi connectivity index (χ1) is 6.66. The van der Waals surface area contributed by atoms with E-state index in [-0.39, 0.29) is 23.7 Å². The minimum atomic E-state index is -0.225. The largest absolute Gasteiger partial charge is 0.504 e. The van der Waals surface area contributed by atoms with Gasteiger partial charge in [-0.05, 0) is 18.9 Å². The Morgan fingerprint density at radius 1 is 1.36 bits per heavy atom. The predicted octanol–water partition coefficient (Wildman–Crippen LogP) is 2.79. The second kappa shape index (κ2) is 4.84. The highest BCUT2D eigenvalue weighted by atomic mass is 16.3. The summed E-state index contributed by atoms with van der Waals surface area (Å²) in [4.78, 5) is 11.4. The van der Waals surface area contributed by atoms with Gasteiger partial charge < -0.3 is 10.2 Å². The Kier molecular flexibility index (Phi) is 3.74. The molecule has 3 heteroatoms.